The van der Waals surface area contributed by atoms with Crippen LogP contribution in [0.2, 0.25) is 0 Å². The molecule has 0 saturated carbocycles. The van der Waals surface area contributed by atoms with Gasteiger partial charge in [-0.05, 0) is 22.6 Å². The number of carbonyl (C=O) groups excluding carboxylic acids is 2. The van der Waals surface area contributed by atoms with Gasteiger partial charge in [0.05, 0.1) is 11.8 Å². The third kappa shape index (κ3) is 3.07. The first-order valence-electron chi connectivity index (χ1n) is 8.18. The highest BCUT2D eigenvalue weighted by molar-refractivity contribution is 8.02. The first kappa shape index (κ1) is 16.0. The van der Waals surface area contributed by atoms with Gasteiger partial charge in [-0.1, -0.05) is 60.7 Å². The molecule has 1 saturated heterocycles. The molecule has 4 rings (SSSR count). The van der Waals surface area contributed by atoms with Crippen LogP contribution in [0, 0.1) is 0 Å². The van der Waals surface area contributed by atoms with Gasteiger partial charge in [-0.15, -0.1) is 11.8 Å². The second-order valence-electron chi connectivity index (χ2n) is 6.01. The number of fused-ring (bicyclic) bond motifs is 1. The third-order valence-corrected chi connectivity index (χ3v) is 5.45. The number of β-lactam (4-membered cyclic amide) rings is 1. The topological polar surface area (TPSA) is 46.6 Å². The zero-order valence-corrected chi connectivity index (χ0v) is 14.3. The van der Waals surface area contributed by atoms with Crippen LogP contribution in [0.1, 0.15) is 23.7 Å². The predicted molar refractivity (Wildman–Crippen MR) is 96.6 cm³/mol. The van der Waals surface area contributed by atoms with E-state index in [1.807, 2.05) is 66.1 Å². The van der Waals surface area contributed by atoms with Gasteiger partial charge in [0, 0.05) is 0 Å². The van der Waals surface area contributed by atoms with Crippen LogP contribution in [0.3, 0.4) is 0 Å². The number of benzene rings is 2. The van der Waals surface area contributed by atoms with E-state index in [1.54, 1.807) is 22.7 Å². The van der Waals surface area contributed by atoms with Gasteiger partial charge >= 0.3 is 5.97 Å². The summed E-state index contributed by atoms with van der Waals surface area (Å²) in [6, 6.07) is 18.7. The predicted octanol–water partition coefficient (Wildman–Crippen LogP) is 3.51. The van der Waals surface area contributed by atoms with Crippen molar-refractivity contribution in [3.05, 3.63) is 83.3 Å². The molecule has 2 heterocycles. The quantitative estimate of drug-likeness (QED) is 0.625. The molecule has 0 aromatic heterocycles. The Labute approximate surface area is 150 Å². The Morgan fingerprint density at radius 2 is 1.64 bits per heavy atom. The Balaban J connectivity index is 1.60. The molecule has 1 amide bonds. The van der Waals surface area contributed by atoms with E-state index in [0.717, 1.165) is 11.1 Å². The van der Waals surface area contributed by atoms with Crippen molar-refractivity contribution >= 4 is 23.6 Å². The maximum Gasteiger partial charge on any atom is 0.333 e. The molecular weight excluding hydrogens is 334 g/mol. The molecule has 2 atom stereocenters. The lowest BCUT2D eigenvalue weighted by Crippen LogP contribution is -2.59. The fourth-order valence-corrected chi connectivity index (χ4v) is 4.15. The molecule has 4 nitrogen and oxygen atoms in total. The van der Waals surface area contributed by atoms with Crippen molar-refractivity contribution in [3.8, 4) is 0 Å². The maximum absolute atomic E-state index is 12.8. The number of esters is 1. The lowest BCUT2D eigenvalue weighted by molar-refractivity contribution is -0.161. The fraction of sp³-hybridized carbons (Fsp3) is 0.200. The zero-order chi connectivity index (χ0) is 17.2. The molecule has 2 aromatic rings. The smallest absolute Gasteiger partial charge is 0.333 e. The number of nitrogens with zero attached hydrogens (tertiary/aromatic N) is 1. The van der Waals surface area contributed by atoms with Crippen molar-refractivity contribution in [1.82, 2.24) is 4.90 Å². The monoisotopic (exact) mass is 351 g/mol. The summed E-state index contributed by atoms with van der Waals surface area (Å²) in [6.45, 7) is 0. The minimum Gasteiger partial charge on any atom is -0.451 e. The number of hydrogen-bond donors (Lipinski definition) is 0. The fourth-order valence-electron chi connectivity index (χ4n) is 3.11. The SMILES string of the molecule is O=C(OC(c1ccccc1)c1ccccc1)C1C=CSC2CC(=O)N21. The Kier molecular flexibility index (Phi) is 4.32. The van der Waals surface area contributed by atoms with Crippen molar-refractivity contribution < 1.29 is 14.3 Å². The summed E-state index contributed by atoms with van der Waals surface area (Å²) in [7, 11) is 0. The zero-order valence-electron chi connectivity index (χ0n) is 13.4. The summed E-state index contributed by atoms with van der Waals surface area (Å²) in [6.07, 6.45) is 1.74. The molecule has 0 radical (unpaired) electrons. The van der Waals surface area contributed by atoms with Gasteiger partial charge in [0.2, 0.25) is 5.91 Å². The van der Waals surface area contributed by atoms with Crippen LogP contribution in [0.25, 0.3) is 0 Å². The molecule has 1 fully saturated rings. The van der Waals surface area contributed by atoms with Crippen LogP contribution in [0.4, 0.5) is 0 Å². The maximum atomic E-state index is 12.8. The van der Waals surface area contributed by atoms with E-state index >= 15 is 0 Å². The van der Waals surface area contributed by atoms with Gasteiger partial charge in [0.1, 0.15) is 6.04 Å². The molecule has 2 aromatic carbocycles. The highest BCUT2D eigenvalue weighted by Gasteiger charge is 2.45. The molecule has 0 bridgehead atoms. The summed E-state index contributed by atoms with van der Waals surface area (Å²) in [5, 5.41) is 1.95. The molecule has 0 spiro atoms. The first-order chi connectivity index (χ1) is 12.2. The van der Waals surface area contributed by atoms with Crippen molar-refractivity contribution in [3.63, 3.8) is 0 Å². The van der Waals surface area contributed by atoms with Crippen LogP contribution >= 0.6 is 11.8 Å². The van der Waals surface area contributed by atoms with E-state index in [1.165, 1.54) is 0 Å². The minimum atomic E-state index is -0.637. The van der Waals surface area contributed by atoms with E-state index in [9.17, 15) is 9.59 Å². The first-order valence-corrected chi connectivity index (χ1v) is 9.12. The largest absolute Gasteiger partial charge is 0.451 e. The lowest BCUT2D eigenvalue weighted by Gasteiger charge is -2.44. The van der Waals surface area contributed by atoms with Crippen molar-refractivity contribution in [2.24, 2.45) is 0 Å². The van der Waals surface area contributed by atoms with Gasteiger partial charge in [0.15, 0.2) is 6.10 Å². The van der Waals surface area contributed by atoms with Gasteiger partial charge in [0.25, 0.3) is 0 Å². The number of rotatable bonds is 4. The van der Waals surface area contributed by atoms with Crippen molar-refractivity contribution in [2.75, 3.05) is 0 Å². The molecule has 0 aliphatic carbocycles. The van der Waals surface area contributed by atoms with Crippen LogP contribution < -0.4 is 0 Å². The van der Waals surface area contributed by atoms with Crippen LogP contribution in [-0.2, 0) is 14.3 Å². The number of amides is 1. The average Bonchev–Trinajstić information content (AvgIpc) is 2.66. The molecular formula is C20H17NO3S. The average molecular weight is 351 g/mol. The Bertz CT molecular complexity index is 767. The van der Waals surface area contributed by atoms with Gasteiger partial charge in [-0.25, -0.2) is 4.79 Å². The van der Waals surface area contributed by atoms with Crippen LogP contribution in [0.5, 0.6) is 0 Å². The van der Waals surface area contributed by atoms with Gasteiger partial charge in [-0.3, -0.25) is 4.79 Å². The summed E-state index contributed by atoms with van der Waals surface area (Å²) < 4.78 is 5.87. The third-order valence-electron chi connectivity index (χ3n) is 4.42. The van der Waals surface area contributed by atoms with Crippen molar-refractivity contribution in [2.45, 2.75) is 23.9 Å². The van der Waals surface area contributed by atoms with E-state index in [0.29, 0.717) is 6.42 Å². The van der Waals surface area contributed by atoms with E-state index in [2.05, 4.69) is 0 Å². The number of thioether (sulfide) groups is 1. The highest BCUT2D eigenvalue weighted by atomic mass is 32.2. The second kappa shape index (κ2) is 6.76. The van der Waals surface area contributed by atoms with E-state index < -0.39 is 18.1 Å². The summed E-state index contributed by atoms with van der Waals surface area (Å²) in [5.74, 6) is -0.396. The van der Waals surface area contributed by atoms with Gasteiger partial charge in [-0.2, -0.15) is 0 Å². The molecule has 2 aliphatic rings. The molecule has 25 heavy (non-hydrogen) atoms. The normalized spacial score (nSPS) is 21.6. The molecule has 5 heteroatoms. The van der Waals surface area contributed by atoms with Crippen LogP contribution in [0.15, 0.2) is 72.1 Å². The van der Waals surface area contributed by atoms with Crippen LogP contribution in [-0.4, -0.2) is 28.2 Å². The number of carbonyl (C=O) groups is 2. The lowest BCUT2D eigenvalue weighted by atomic mass is 10.0. The molecule has 2 aliphatic heterocycles. The Morgan fingerprint density at radius 3 is 2.20 bits per heavy atom. The Morgan fingerprint density at radius 1 is 1.04 bits per heavy atom. The summed E-state index contributed by atoms with van der Waals surface area (Å²) in [4.78, 5) is 26.3. The molecule has 0 N–H and O–H groups in total. The summed E-state index contributed by atoms with van der Waals surface area (Å²) in [5.41, 5.74) is 1.81. The minimum absolute atomic E-state index is 0.000211. The summed E-state index contributed by atoms with van der Waals surface area (Å²) >= 11 is 1.57. The second-order valence-corrected chi connectivity index (χ2v) is 7.10. The number of hydrogen-bond acceptors (Lipinski definition) is 4. The number of ether oxygens (including phenoxy) is 1. The highest BCUT2D eigenvalue weighted by Crippen LogP contribution is 2.37. The van der Waals surface area contributed by atoms with E-state index in [-0.39, 0.29) is 11.3 Å². The van der Waals surface area contributed by atoms with Gasteiger partial charge < -0.3 is 9.64 Å². The Hall–Kier alpha value is -2.53. The van der Waals surface area contributed by atoms with Crippen molar-refractivity contribution in [1.29, 1.82) is 0 Å². The molecule has 2 unspecified atom stereocenters. The standard InChI is InChI=1S/C20H17NO3S/c22-17-13-18-21(17)16(11-12-25-18)20(23)24-19(14-7-3-1-4-8-14)15-9-5-2-6-10-15/h1-12,16,18-19H,13H2. The molecule has 126 valence electrons. The van der Waals surface area contributed by atoms with E-state index in [4.69, 9.17) is 4.74 Å².